The number of rotatable bonds is 6. The molecule has 35 heavy (non-hydrogen) atoms. The molecule has 0 radical (unpaired) electrons. The second kappa shape index (κ2) is 9.90. The summed E-state index contributed by atoms with van der Waals surface area (Å²) < 4.78 is 0. The van der Waals surface area contributed by atoms with Crippen LogP contribution in [0.15, 0.2) is 127 Å². The van der Waals surface area contributed by atoms with Crippen LogP contribution in [0.1, 0.15) is 16.7 Å². The van der Waals surface area contributed by atoms with Gasteiger partial charge in [-0.3, -0.25) is 0 Å². The van der Waals surface area contributed by atoms with Crippen LogP contribution in [0, 0.1) is 20.8 Å². The zero-order valence-electron chi connectivity index (χ0n) is 20.5. The molecule has 0 atom stereocenters. The molecule has 0 N–H and O–H groups in total. The lowest BCUT2D eigenvalue weighted by Crippen LogP contribution is -2.12. The molecule has 0 saturated heterocycles. The van der Waals surface area contributed by atoms with E-state index >= 15 is 0 Å². The molecule has 0 saturated carbocycles. The van der Waals surface area contributed by atoms with Gasteiger partial charge in [0.2, 0.25) is 0 Å². The first-order valence-corrected chi connectivity index (χ1v) is 12.0. The fraction of sp³-hybridized carbons (Fsp3) is 0.0909. The Bertz CT molecular complexity index is 1400. The van der Waals surface area contributed by atoms with E-state index < -0.39 is 0 Å². The predicted octanol–water partition coefficient (Wildman–Crippen LogP) is 9.55. The SMILES string of the molecule is Cc1ccc(N(c2ccc(N(c3ccccc3)c3cccc(C)c3)cc2)c2cccc(C)c2)cc1. The van der Waals surface area contributed by atoms with Gasteiger partial charge in [0.25, 0.3) is 0 Å². The second-order valence-corrected chi connectivity index (χ2v) is 9.04. The number of hydrogen-bond donors (Lipinski definition) is 0. The molecule has 0 fully saturated rings. The number of para-hydroxylation sites is 1. The molecule has 0 amide bonds. The summed E-state index contributed by atoms with van der Waals surface area (Å²) in [5, 5.41) is 0. The molecule has 0 aromatic heterocycles. The quantitative estimate of drug-likeness (QED) is 0.252. The van der Waals surface area contributed by atoms with Crippen molar-refractivity contribution in [2.45, 2.75) is 20.8 Å². The molecule has 2 nitrogen and oxygen atoms in total. The van der Waals surface area contributed by atoms with Gasteiger partial charge in [-0.2, -0.15) is 0 Å². The lowest BCUT2D eigenvalue weighted by molar-refractivity contribution is 1.24. The maximum atomic E-state index is 2.32. The van der Waals surface area contributed by atoms with Crippen LogP contribution in [-0.2, 0) is 0 Å². The van der Waals surface area contributed by atoms with Gasteiger partial charge in [-0.1, -0.05) is 60.2 Å². The molecule has 2 heteroatoms. The van der Waals surface area contributed by atoms with E-state index in [0.717, 1.165) is 34.1 Å². The van der Waals surface area contributed by atoms with Crippen molar-refractivity contribution < 1.29 is 0 Å². The van der Waals surface area contributed by atoms with Gasteiger partial charge in [0.1, 0.15) is 0 Å². The highest BCUT2D eigenvalue weighted by atomic mass is 15.2. The highest BCUT2D eigenvalue weighted by molar-refractivity contribution is 5.81. The normalized spacial score (nSPS) is 10.7. The molecule has 0 aliphatic carbocycles. The van der Waals surface area contributed by atoms with E-state index in [4.69, 9.17) is 0 Å². The summed E-state index contributed by atoms with van der Waals surface area (Å²) in [5.74, 6) is 0. The molecule has 0 aliphatic heterocycles. The summed E-state index contributed by atoms with van der Waals surface area (Å²) in [5.41, 5.74) is 10.6. The third kappa shape index (κ3) is 4.97. The van der Waals surface area contributed by atoms with E-state index in [0.29, 0.717) is 0 Å². The molecule has 172 valence electrons. The topological polar surface area (TPSA) is 6.48 Å². The smallest absolute Gasteiger partial charge is 0.0464 e. The van der Waals surface area contributed by atoms with Gasteiger partial charge in [0, 0.05) is 34.1 Å². The molecular formula is C33H30N2. The third-order valence-corrected chi connectivity index (χ3v) is 6.19. The van der Waals surface area contributed by atoms with Crippen molar-refractivity contribution in [2.75, 3.05) is 9.80 Å². The van der Waals surface area contributed by atoms with E-state index in [1.54, 1.807) is 0 Å². The van der Waals surface area contributed by atoms with Crippen molar-refractivity contribution in [3.05, 3.63) is 144 Å². The Balaban J connectivity index is 1.59. The van der Waals surface area contributed by atoms with Crippen molar-refractivity contribution in [1.82, 2.24) is 0 Å². The zero-order chi connectivity index (χ0) is 24.2. The second-order valence-electron chi connectivity index (χ2n) is 9.04. The van der Waals surface area contributed by atoms with Gasteiger partial charge in [-0.15, -0.1) is 0 Å². The Morgan fingerprint density at radius 2 is 0.686 bits per heavy atom. The first kappa shape index (κ1) is 22.5. The van der Waals surface area contributed by atoms with E-state index in [2.05, 4.69) is 158 Å². The highest BCUT2D eigenvalue weighted by Gasteiger charge is 2.16. The molecule has 0 spiro atoms. The van der Waals surface area contributed by atoms with Crippen molar-refractivity contribution in [3.63, 3.8) is 0 Å². The van der Waals surface area contributed by atoms with E-state index in [1.807, 2.05) is 0 Å². The van der Waals surface area contributed by atoms with Crippen LogP contribution in [-0.4, -0.2) is 0 Å². The van der Waals surface area contributed by atoms with Crippen LogP contribution >= 0.6 is 0 Å². The average molecular weight is 455 g/mol. The summed E-state index contributed by atoms with van der Waals surface area (Å²) >= 11 is 0. The number of nitrogens with zero attached hydrogens (tertiary/aromatic N) is 2. The number of benzene rings is 5. The molecule has 0 bridgehead atoms. The van der Waals surface area contributed by atoms with Crippen molar-refractivity contribution >= 4 is 34.1 Å². The number of aryl methyl sites for hydroxylation is 3. The molecule has 0 unspecified atom stereocenters. The third-order valence-electron chi connectivity index (χ3n) is 6.19. The van der Waals surface area contributed by atoms with E-state index in [-0.39, 0.29) is 0 Å². The molecular weight excluding hydrogens is 424 g/mol. The Morgan fingerprint density at radius 3 is 1.11 bits per heavy atom. The Labute approximate surface area is 208 Å². The van der Waals surface area contributed by atoms with Crippen molar-refractivity contribution in [1.29, 1.82) is 0 Å². The molecule has 0 heterocycles. The van der Waals surface area contributed by atoms with Crippen LogP contribution in [0.2, 0.25) is 0 Å². The first-order valence-electron chi connectivity index (χ1n) is 12.0. The van der Waals surface area contributed by atoms with Crippen LogP contribution in [0.5, 0.6) is 0 Å². The summed E-state index contributed by atoms with van der Waals surface area (Å²) in [7, 11) is 0. The van der Waals surface area contributed by atoms with Crippen molar-refractivity contribution in [3.8, 4) is 0 Å². The fourth-order valence-corrected chi connectivity index (χ4v) is 4.45. The Kier molecular flexibility index (Phi) is 6.36. The van der Waals surface area contributed by atoms with Gasteiger partial charge in [0.15, 0.2) is 0 Å². The van der Waals surface area contributed by atoms with Gasteiger partial charge in [-0.05, 0) is 105 Å². The summed E-state index contributed by atoms with van der Waals surface area (Å²) in [6.07, 6.45) is 0. The summed E-state index contributed by atoms with van der Waals surface area (Å²) in [6, 6.07) is 45.4. The fourth-order valence-electron chi connectivity index (χ4n) is 4.45. The number of hydrogen-bond acceptors (Lipinski definition) is 2. The molecule has 0 aliphatic rings. The van der Waals surface area contributed by atoms with Gasteiger partial charge >= 0.3 is 0 Å². The monoisotopic (exact) mass is 454 g/mol. The largest absolute Gasteiger partial charge is 0.310 e. The standard InChI is InChI=1S/C33H30N2/c1-25-15-17-29(18-16-25)35(33-14-8-10-27(3)24-33)31-21-19-30(20-22-31)34(28-11-5-4-6-12-28)32-13-7-9-26(2)23-32/h4-24H,1-3H3. The number of anilines is 6. The predicted molar refractivity (Wildman–Crippen MR) is 150 cm³/mol. The molecule has 5 rings (SSSR count). The summed E-state index contributed by atoms with van der Waals surface area (Å²) in [4.78, 5) is 4.62. The van der Waals surface area contributed by atoms with E-state index in [9.17, 15) is 0 Å². The molecule has 5 aromatic rings. The zero-order valence-corrected chi connectivity index (χ0v) is 20.5. The molecule has 5 aromatic carbocycles. The lowest BCUT2D eigenvalue weighted by atomic mass is 10.1. The maximum Gasteiger partial charge on any atom is 0.0464 e. The minimum absolute atomic E-state index is 1.12. The van der Waals surface area contributed by atoms with Crippen LogP contribution in [0.4, 0.5) is 34.1 Å². The van der Waals surface area contributed by atoms with Crippen LogP contribution in [0.3, 0.4) is 0 Å². The van der Waals surface area contributed by atoms with Crippen molar-refractivity contribution in [2.24, 2.45) is 0 Å². The minimum Gasteiger partial charge on any atom is -0.310 e. The summed E-state index contributed by atoms with van der Waals surface area (Å²) in [6.45, 7) is 6.40. The maximum absolute atomic E-state index is 2.32. The van der Waals surface area contributed by atoms with E-state index in [1.165, 1.54) is 16.7 Å². The van der Waals surface area contributed by atoms with Gasteiger partial charge in [0.05, 0.1) is 0 Å². The highest BCUT2D eigenvalue weighted by Crippen LogP contribution is 2.39. The first-order chi connectivity index (χ1) is 17.1. The minimum atomic E-state index is 1.12. The van der Waals surface area contributed by atoms with Crippen LogP contribution in [0.25, 0.3) is 0 Å². The Morgan fingerprint density at radius 1 is 0.314 bits per heavy atom. The van der Waals surface area contributed by atoms with Gasteiger partial charge in [-0.25, -0.2) is 0 Å². The van der Waals surface area contributed by atoms with Crippen LogP contribution < -0.4 is 9.80 Å². The average Bonchev–Trinajstić information content (AvgIpc) is 2.87. The lowest BCUT2D eigenvalue weighted by Gasteiger charge is -2.28. The van der Waals surface area contributed by atoms with Gasteiger partial charge < -0.3 is 9.80 Å². The Hall–Kier alpha value is -4.30.